The first kappa shape index (κ1) is 29.6. The highest BCUT2D eigenvalue weighted by Crippen LogP contribution is 2.44. The fourth-order valence-corrected chi connectivity index (χ4v) is 8.02. The first-order chi connectivity index (χ1) is 18.4. The molecule has 1 aliphatic carbocycles. The molecule has 204 valence electrons. The van der Waals surface area contributed by atoms with Gasteiger partial charge in [0.25, 0.3) is 0 Å². The Morgan fingerprint density at radius 2 is 1.72 bits per heavy atom. The van der Waals surface area contributed by atoms with Gasteiger partial charge in [-0.3, -0.25) is 0 Å². The van der Waals surface area contributed by atoms with Crippen molar-refractivity contribution in [3.63, 3.8) is 0 Å². The van der Waals surface area contributed by atoms with Crippen molar-refractivity contribution in [2.24, 2.45) is 0 Å². The zero-order valence-corrected chi connectivity index (χ0v) is 26.4. The fraction of sp³-hybridized carbons (Fsp3) is 0.448. The van der Waals surface area contributed by atoms with E-state index >= 15 is 0 Å². The lowest BCUT2D eigenvalue weighted by Gasteiger charge is -2.41. The number of hydrogen-bond donors (Lipinski definition) is 1. The first-order valence-electron chi connectivity index (χ1n) is 13.1. The van der Waals surface area contributed by atoms with E-state index in [-0.39, 0.29) is 22.9 Å². The quantitative estimate of drug-likeness (QED) is 0.215. The molecule has 0 radical (unpaired) electrons. The maximum absolute atomic E-state index is 10.2. The Bertz CT molecular complexity index is 1410. The first-order valence-corrected chi connectivity index (χ1v) is 18.2. The van der Waals surface area contributed by atoms with Crippen molar-refractivity contribution < 1.29 is 4.43 Å². The van der Waals surface area contributed by atoms with Crippen molar-refractivity contribution in [1.82, 2.24) is 9.97 Å². The number of hydrogen-bond acceptors (Lipinski definition) is 8. The minimum absolute atomic E-state index is 0.0778. The van der Waals surface area contributed by atoms with Crippen LogP contribution in [0.2, 0.25) is 23.2 Å². The van der Waals surface area contributed by atoms with Crippen molar-refractivity contribution in [3.8, 4) is 22.7 Å². The number of nitriles is 2. The van der Waals surface area contributed by atoms with Crippen LogP contribution in [0.25, 0.3) is 10.6 Å². The van der Waals surface area contributed by atoms with Crippen LogP contribution >= 0.6 is 34.7 Å². The highest BCUT2D eigenvalue weighted by atomic mass is 35.5. The smallest absolute Gasteiger partial charge is 0.192 e. The zero-order chi connectivity index (χ0) is 28.4. The maximum Gasteiger partial charge on any atom is 0.192 e. The minimum atomic E-state index is -1.86. The number of thioether (sulfide) groups is 1. The van der Waals surface area contributed by atoms with Gasteiger partial charge in [0.05, 0.1) is 16.8 Å². The number of benzene rings is 1. The highest BCUT2D eigenvalue weighted by molar-refractivity contribution is 7.98. The number of thiazole rings is 1. The number of nitrogens with two attached hydrogens (primary N) is 1. The summed E-state index contributed by atoms with van der Waals surface area (Å²) >= 11 is 9.02. The summed E-state index contributed by atoms with van der Waals surface area (Å²) in [6.07, 6.45) is 3.73. The van der Waals surface area contributed by atoms with Gasteiger partial charge in [0.1, 0.15) is 28.0 Å². The van der Waals surface area contributed by atoms with Crippen molar-refractivity contribution in [2.45, 2.75) is 87.4 Å². The molecule has 1 saturated carbocycles. The summed E-state index contributed by atoms with van der Waals surface area (Å²) < 4.78 is 6.67. The number of aromatic nitrogens is 2. The Balaban J connectivity index is 1.52. The van der Waals surface area contributed by atoms with Crippen LogP contribution in [0.1, 0.15) is 74.8 Å². The Morgan fingerprint density at radius 3 is 2.31 bits per heavy atom. The molecule has 1 aliphatic rings. The molecule has 0 spiro atoms. The number of nitrogens with zero attached hydrogens (tertiary/aromatic N) is 4. The van der Waals surface area contributed by atoms with E-state index in [2.05, 4.69) is 51.0 Å². The van der Waals surface area contributed by atoms with Gasteiger partial charge in [0.15, 0.2) is 8.32 Å². The predicted molar refractivity (Wildman–Crippen MR) is 163 cm³/mol. The van der Waals surface area contributed by atoms with E-state index < -0.39 is 8.32 Å². The second-order valence-electron chi connectivity index (χ2n) is 11.5. The average molecular weight is 596 g/mol. The van der Waals surface area contributed by atoms with Crippen molar-refractivity contribution in [2.75, 3.05) is 5.73 Å². The summed E-state index contributed by atoms with van der Waals surface area (Å²) in [5.41, 5.74) is 9.74. The van der Waals surface area contributed by atoms with Crippen LogP contribution < -0.4 is 5.73 Å². The molecule has 1 fully saturated rings. The van der Waals surface area contributed by atoms with Crippen LogP contribution in [0, 0.1) is 22.7 Å². The fourth-order valence-electron chi connectivity index (χ4n) is 4.64. The predicted octanol–water partition coefficient (Wildman–Crippen LogP) is 8.52. The third kappa shape index (κ3) is 6.67. The molecule has 0 unspecified atom stereocenters. The van der Waals surface area contributed by atoms with Gasteiger partial charge in [0.2, 0.25) is 0 Å². The summed E-state index contributed by atoms with van der Waals surface area (Å²) in [6, 6.07) is 12.2. The normalized spacial score (nSPS) is 17.9. The van der Waals surface area contributed by atoms with Crippen LogP contribution in [0.5, 0.6) is 0 Å². The molecule has 2 aromatic heterocycles. The van der Waals surface area contributed by atoms with E-state index in [0.29, 0.717) is 26.9 Å². The van der Waals surface area contributed by atoms with Gasteiger partial charge in [-0.05, 0) is 67.4 Å². The van der Waals surface area contributed by atoms with E-state index in [1.165, 1.54) is 11.8 Å². The van der Waals surface area contributed by atoms with Gasteiger partial charge in [0, 0.05) is 27.8 Å². The van der Waals surface area contributed by atoms with E-state index in [1.807, 2.05) is 29.6 Å². The number of anilines is 1. The Morgan fingerprint density at radius 1 is 1.08 bits per heavy atom. The summed E-state index contributed by atoms with van der Waals surface area (Å²) in [4.78, 5) is 9.24. The summed E-state index contributed by atoms with van der Waals surface area (Å²) in [6.45, 7) is 11.3. The van der Waals surface area contributed by atoms with Gasteiger partial charge < -0.3 is 10.2 Å². The van der Waals surface area contributed by atoms with Crippen molar-refractivity contribution in [1.29, 1.82) is 10.5 Å². The number of pyridine rings is 1. The van der Waals surface area contributed by atoms with Gasteiger partial charge in [-0.2, -0.15) is 10.5 Å². The van der Waals surface area contributed by atoms with E-state index in [1.54, 1.807) is 11.3 Å². The third-order valence-electron chi connectivity index (χ3n) is 7.80. The summed E-state index contributed by atoms with van der Waals surface area (Å²) in [5.74, 6) is 0.812. The SMILES string of the molecule is CC(C)(C)[Si](C)(C)OC1CCC(c2c(C#N)c(N)nc(SCc3csc(-c4ccc(Cl)cc4)n3)c2C#N)CC1. The van der Waals surface area contributed by atoms with E-state index in [9.17, 15) is 10.5 Å². The largest absolute Gasteiger partial charge is 0.414 e. The summed E-state index contributed by atoms with van der Waals surface area (Å²) in [5, 5.41) is 24.5. The molecular formula is C29H34ClN5OS2Si. The lowest BCUT2D eigenvalue weighted by atomic mass is 9.79. The lowest BCUT2D eigenvalue weighted by molar-refractivity contribution is 0.130. The highest BCUT2D eigenvalue weighted by Gasteiger charge is 2.40. The molecule has 0 saturated heterocycles. The molecule has 4 rings (SSSR count). The third-order valence-corrected chi connectivity index (χ3v) is 14.5. The molecule has 0 aliphatic heterocycles. The van der Waals surface area contributed by atoms with Gasteiger partial charge in [-0.1, -0.05) is 56.3 Å². The molecule has 0 atom stereocenters. The van der Waals surface area contributed by atoms with Crippen LogP contribution in [0.15, 0.2) is 34.7 Å². The molecule has 2 heterocycles. The molecule has 0 amide bonds. The van der Waals surface area contributed by atoms with Crippen molar-refractivity contribution in [3.05, 3.63) is 57.1 Å². The summed E-state index contributed by atoms with van der Waals surface area (Å²) in [7, 11) is -1.86. The number of rotatable bonds is 7. The minimum Gasteiger partial charge on any atom is -0.414 e. The Labute approximate surface area is 245 Å². The van der Waals surface area contributed by atoms with Crippen molar-refractivity contribution >= 4 is 48.8 Å². The molecule has 39 heavy (non-hydrogen) atoms. The monoisotopic (exact) mass is 595 g/mol. The molecule has 6 nitrogen and oxygen atoms in total. The number of nitrogen functional groups attached to an aromatic ring is 1. The van der Waals surface area contributed by atoms with Crippen LogP contribution in [0.4, 0.5) is 5.82 Å². The van der Waals surface area contributed by atoms with Gasteiger partial charge in [-0.15, -0.1) is 11.3 Å². The van der Waals surface area contributed by atoms with Gasteiger partial charge >= 0.3 is 0 Å². The van der Waals surface area contributed by atoms with Crippen LogP contribution in [-0.2, 0) is 10.2 Å². The second-order valence-corrected chi connectivity index (χ2v) is 18.5. The molecular weight excluding hydrogens is 562 g/mol. The Hall–Kier alpha value is -2.40. The zero-order valence-electron chi connectivity index (χ0n) is 23.0. The average Bonchev–Trinajstić information content (AvgIpc) is 3.36. The molecule has 10 heteroatoms. The maximum atomic E-state index is 10.2. The van der Waals surface area contributed by atoms with Gasteiger partial charge in [-0.25, -0.2) is 9.97 Å². The van der Waals surface area contributed by atoms with E-state index in [4.69, 9.17) is 26.7 Å². The molecule has 1 aromatic carbocycles. The second kappa shape index (κ2) is 12.0. The Kier molecular flexibility index (Phi) is 9.10. The molecule has 2 N–H and O–H groups in total. The lowest BCUT2D eigenvalue weighted by Crippen LogP contribution is -2.44. The van der Waals surface area contributed by atoms with Crippen LogP contribution in [-0.4, -0.2) is 24.4 Å². The standard InChI is InChI=1S/C29H34ClN5OS2Si/c1-29(2,3)39(4,5)36-22-12-8-18(9-13-22)25-23(14-31)26(33)35-28(24(25)15-32)38-17-21-16-37-27(34-21)19-6-10-20(30)11-7-19/h6-7,10-11,16,18,22H,8-9,12-13,17H2,1-5H3,(H2,33,35). The molecule has 3 aromatic rings. The molecule has 0 bridgehead atoms. The van der Waals surface area contributed by atoms with Crippen LogP contribution in [0.3, 0.4) is 0 Å². The van der Waals surface area contributed by atoms with E-state index in [0.717, 1.165) is 47.5 Å². The number of halogens is 1. The topological polar surface area (TPSA) is 109 Å².